The van der Waals surface area contributed by atoms with Gasteiger partial charge in [-0.25, -0.2) is 15.0 Å². The van der Waals surface area contributed by atoms with Crippen molar-refractivity contribution in [1.82, 2.24) is 19.5 Å². The number of halogens is 1. The quantitative estimate of drug-likeness (QED) is 0.425. The molecule has 2 N–H and O–H groups in total. The molecule has 1 saturated carbocycles. The first kappa shape index (κ1) is 16.2. The van der Waals surface area contributed by atoms with E-state index >= 15 is 0 Å². The van der Waals surface area contributed by atoms with Crippen LogP contribution in [0, 0.1) is 0 Å². The molecule has 0 aliphatic heterocycles. The number of nitrogens with two attached hydrogens (primary N) is 1. The van der Waals surface area contributed by atoms with Gasteiger partial charge >= 0.3 is 0 Å². The summed E-state index contributed by atoms with van der Waals surface area (Å²) in [6.07, 6.45) is 10.6. The van der Waals surface area contributed by atoms with Gasteiger partial charge in [0.2, 0.25) is 5.95 Å². The highest BCUT2D eigenvalue weighted by molar-refractivity contribution is 9.10. The van der Waals surface area contributed by atoms with Crippen LogP contribution in [0.1, 0.15) is 38.1 Å². The number of aromatic nitrogens is 4. The Bertz CT molecular complexity index is 1110. The third-order valence-electron chi connectivity index (χ3n) is 5.23. The Morgan fingerprint density at radius 2 is 2.04 bits per heavy atom. The largest absolute Gasteiger partial charge is 0.368 e. The summed E-state index contributed by atoms with van der Waals surface area (Å²) in [5.74, 6) is 0.317. The summed E-state index contributed by atoms with van der Waals surface area (Å²) in [6, 6.07) is 4.61. The lowest BCUT2D eigenvalue weighted by atomic mass is 9.95. The fourth-order valence-corrected chi connectivity index (χ4v) is 5.20. The number of anilines is 1. The molecule has 0 spiro atoms. The zero-order valence-electron chi connectivity index (χ0n) is 14.2. The van der Waals surface area contributed by atoms with E-state index in [0.29, 0.717) is 12.0 Å². The molecule has 1 aliphatic rings. The van der Waals surface area contributed by atoms with Gasteiger partial charge in [0.15, 0.2) is 0 Å². The first-order chi connectivity index (χ1) is 12.7. The van der Waals surface area contributed by atoms with Crippen molar-refractivity contribution in [3.05, 3.63) is 34.5 Å². The molecule has 4 aromatic heterocycles. The Kier molecular flexibility index (Phi) is 3.94. The third kappa shape index (κ3) is 2.61. The highest BCUT2D eigenvalue weighted by Crippen LogP contribution is 2.40. The molecule has 0 aromatic carbocycles. The molecular formula is C19H18BrN5S. The Morgan fingerprint density at radius 3 is 2.88 bits per heavy atom. The molecule has 4 heterocycles. The molecule has 0 saturated heterocycles. The Balaban J connectivity index is 1.79. The van der Waals surface area contributed by atoms with Crippen LogP contribution in [0.4, 0.5) is 5.95 Å². The summed E-state index contributed by atoms with van der Waals surface area (Å²) < 4.78 is 4.31. The van der Waals surface area contributed by atoms with Crippen molar-refractivity contribution in [2.24, 2.45) is 0 Å². The van der Waals surface area contributed by atoms with Crippen molar-refractivity contribution in [3.63, 3.8) is 0 Å². The van der Waals surface area contributed by atoms with E-state index < -0.39 is 0 Å². The molecule has 4 aromatic rings. The molecule has 7 heteroatoms. The number of nitrogens with zero attached hydrogens (tertiary/aromatic N) is 4. The molecular weight excluding hydrogens is 410 g/mol. The van der Waals surface area contributed by atoms with Crippen LogP contribution in [0.25, 0.3) is 32.4 Å². The highest BCUT2D eigenvalue weighted by Gasteiger charge is 2.22. The standard InChI is InChI=1S/C19H18BrN5S/c20-16-8-12-13(17-18-14(6-7-26-18)23-19(21)24-17)10-25(15(12)9-22-16)11-4-2-1-3-5-11/h6-11H,1-5H2,(H2,21,23,24). The normalized spacial score (nSPS) is 15.9. The maximum Gasteiger partial charge on any atom is 0.221 e. The topological polar surface area (TPSA) is 69.6 Å². The lowest BCUT2D eigenvalue weighted by Gasteiger charge is -2.24. The fourth-order valence-electron chi connectivity index (χ4n) is 4.04. The van der Waals surface area contributed by atoms with E-state index in [9.17, 15) is 0 Å². The molecule has 0 unspecified atom stereocenters. The Hall–Kier alpha value is -1.99. The minimum absolute atomic E-state index is 0.317. The SMILES string of the molecule is Nc1nc(-c2cn(C3CCCCC3)c3cnc(Br)cc23)c2sccc2n1. The average Bonchev–Trinajstić information content (AvgIpc) is 3.26. The number of fused-ring (bicyclic) bond motifs is 2. The second-order valence-corrected chi connectivity index (χ2v) is 8.56. The number of pyridine rings is 1. The second-order valence-electron chi connectivity index (χ2n) is 6.83. The van der Waals surface area contributed by atoms with Gasteiger partial charge in [0.1, 0.15) is 4.60 Å². The van der Waals surface area contributed by atoms with Crippen molar-refractivity contribution >= 4 is 54.3 Å². The summed E-state index contributed by atoms with van der Waals surface area (Å²) in [5, 5.41) is 3.20. The van der Waals surface area contributed by atoms with Crippen LogP contribution < -0.4 is 5.73 Å². The molecule has 26 heavy (non-hydrogen) atoms. The predicted molar refractivity (Wildman–Crippen MR) is 110 cm³/mol. The number of rotatable bonds is 2. The van der Waals surface area contributed by atoms with E-state index in [4.69, 9.17) is 5.73 Å². The zero-order valence-corrected chi connectivity index (χ0v) is 16.6. The van der Waals surface area contributed by atoms with E-state index in [1.165, 1.54) is 32.1 Å². The molecule has 132 valence electrons. The monoisotopic (exact) mass is 427 g/mol. The van der Waals surface area contributed by atoms with Crippen LogP contribution in [-0.2, 0) is 0 Å². The van der Waals surface area contributed by atoms with Crippen LogP contribution in [0.15, 0.2) is 34.5 Å². The van der Waals surface area contributed by atoms with Crippen molar-refractivity contribution in [2.45, 2.75) is 38.1 Å². The first-order valence-electron chi connectivity index (χ1n) is 8.88. The summed E-state index contributed by atoms with van der Waals surface area (Å²) in [5.41, 5.74) is 10.1. The van der Waals surface area contributed by atoms with E-state index in [1.807, 2.05) is 17.6 Å². The molecule has 1 aliphatic carbocycles. The first-order valence-corrected chi connectivity index (χ1v) is 10.5. The Morgan fingerprint density at radius 1 is 1.19 bits per heavy atom. The fraction of sp³-hybridized carbons (Fsp3) is 0.316. The Labute approximate surface area is 163 Å². The molecule has 5 nitrogen and oxygen atoms in total. The summed E-state index contributed by atoms with van der Waals surface area (Å²) in [6.45, 7) is 0. The lowest BCUT2D eigenvalue weighted by Crippen LogP contribution is -2.11. The van der Waals surface area contributed by atoms with Gasteiger partial charge in [-0.3, -0.25) is 0 Å². The summed E-state index contributed by atoms with van der Waals surface area (Å²) in [4.78, 5) is 13.5. The van der Waals surface area contributed by atoms with Crippen molar-refractivity contribution in [1.29, 1.82) is 0 Å². The number of hydrogen-bond donors (Lipinski definition) is 1. The van der Waals surface area contributed by atoms with Crippen molar-refractivity contribution in [2.75, 3.05) is 5.73 Å². The highest BCUT2D eigenvalue weighted by atomic mass is 79.9. The van der Waals surface area contributed by atoms with Crippen LogP contribution in [0.3, 0.4) is 0 Å². The smallest absolute Gasteiger partial charge is 0.221 e. The van der Waals surface area contributed by atoms with Gasteiger partial charge < -0.3 is 10.3 Å². The average molecular weight is 428 g/mol. The maximum atomic E-state index is 6.00. The van der Waals surface area contributed by atoms with E-state index in [2.05, 4.69) is 47.7 Å². The van der Waals surface area contributed by atoms with Crippen LogP contribution in [0.2, 0.25) is 0 Å². The van der Waals surface area contributed by atoms with Crippen LogP contribution >= 0.6 is 27.3 Å². The minimum Gasteiger partial charge on any atom is -0.368 e. The van der Waals surface area contributed by atoms with Crippen molar-refractivity contribution in [3.8, 4) is 11.3 Å². The van der Waals surface area contributed by atoms with E-state index in [0.717, 1.165) is 37.0 Å². The minimum atomic E-state index is 0.317. The van der Waals surface area contributed by atoms with Crippen molar-refractivity contribution < 1.29 is 0 Å². The van der Waals surface area contributed by atoms with Gasteiger partial charge in [-0.1, -0.05) is 19.3 Å². The molecule has 5 rings (SSSR count). The number of hydrogen-bond acceptors (Lipinski definition) is 5. The number of thiophene rings is 1. The molecule has 0 bridgehead atoms. The second kappa shape index (κ2) is 6.32. The molecule has 1 fully saturated rings. The van der Waals surface area contributed by atoms with Gasteiger partial charge in [0.05, 0.1) is 27.6 Å². The molecule has 0 amide bonds. The van der Waals surface area contributed by atoms with E-state index in [1.54, 1.807) is 11.3 Å². The van der Waals surface area contributed by atoms with Gasteiger partial charge in [-0.2, -0.15) is 0 Å². The predicted octanol–water partition coefficient (Wildman–Crippen LogP) is 5.56. The molecule has 0 radical (unpaired) electrons. The van der Waals surface area contributed by atoms with Crippen LogP contribution in [-0.4, -0.2) is 19.5 Å². The van der Waals surface area contributed by atoms with Gasteiger partial charge in [-0.05, 0) is 46.3 Å². The van der Waals surface area contributed by atoms with Crippen LogP contribution in [0.5, 0.6) is 0 Å². The zero-order chi connectivity index (χ0) is 17.7. The van der Waals surface area contributed by atoms with E-state index in [-0.39, 0.29) is 0 Å². The molecule has 0 atom stereocenters. The third-order valence-corrected chi connectivity index (χ3v) is 6.57. The van der Waals surface area contributed by atoms with Gasteiger partial charge in [0.25, 0.3) is 0 Å². The summed E-state index contributed by atoms with van der Waals surface area (Å²) >= 11 is 5.18. The van der Waals surface area contributed by atoms with Gasteiger partial charge in [0, 0.05) is 23.2 Å². The summed E-state index contributed by atoms with van der Waals surface area (Å²) in [7, 11) is 0. The van der Waals surface area contributed by atoms with Gasteiger partial charge in [-0.15, -0.1) is 11.3 Å². The number of nitrogen functional groups attached to an aromatic ring is 1. The lowest BCUT2D eigenvalue weighted by molar-refractivity contribution is 0.361. The maximum absolute atomic E-state index is 6.00.